The average Bonchev–Trinajstić information content (AvgIpc) is 3.30. The molecule has 2 fully saturated rings. The number of rotatable bonds is 4. The first-order chi connectivity index (χ1) is 11.2. The van der Waals surface area contributed by atoms with Gasteiger partial charge in [0.15, 0.2) is 12.1 Å². The van der Waals surface area contributed by atoms with Crippen molar-refractivity contribution in [3.63, 3.8) is 0 Å². The van der Waals surface area contributed by atoms with Crippen LogP contribution in [-0.2, 0) is 6.42 Å². The van der Waals surface area contributed by atoms with E-state index in [1.165, 1.54) is 18.2 Å². The molecule has 0 aliphatic carbocycles. The molecule has 0 radical (unpaired) electrons. The summed E-state index contributed by atoms with van der Waals surface area (Å²) < 4.78 is 4.95. The highest BCUT2D eigenvalue weighted by atomic mass is 16.3. The number of amides is 1. The van der Waals surface area contributed by atoms with Crippen LogP contribution in [0.5, 0.6) is 0 Å². The van der Waals surface area contributed by atoms with Crippen LogP contribution in [-0.4, -0.2) is 39.6 Å². The van der Waals surface area contributed by atoms with Gasteiger partial charge in [0.2, 0.25) is 0 Å². The number of aliphatic hydroxyl groups is 1. The molecule has 0 saturated carbocycles. The molecular formula is C18H20N2O3. The lowest BCUT2D eigenvalue weighted by atomic mass is 9.70. The average molecular weight is 312 g/mol. The summed E-state index contributed by atoms with van der Waals surface area (Å²) in [5.74, 6) is -0.0744. The van der Waals surface area contributed by atoms with Crippen LogP contribution < -0.4 is 0 Å². The molecule has 1 aromatic carbocycles. The number of oxazole rings is 1. The van der Waals surface area contributed by atoms with E-state index in [1.54, 1.807) is 0 Å². The highest BCUT2D eigenvalue weighted by Gasteiger charge is 2.57. The molecule has 0 spiro atoms. The van der Waals surface area contributed by atoms with Gasteiger partial charge in [0.25, 0.3) is 5.91 Å². The Kier molecular flexibility index (Phi) is 3.45. The Morgan fingerprint density at radius 1 is 1.35 bits per heavy atom. The van der Waals surface area contributed by atoms with E-state index in [-0.39, 0.29) is 30.0 Å². The van der Waals surface area contributed by atoms with E-state index in [9.17, 15) is 9.90 Å². The van der Waals surface area contributed by atoms with Crippen molar-refractivity contribution >= 4 is 5.91 Å². The van der Waals surface area contributed by atoms with E-state index >= 15 is 0 Å². The summed E-state index contributed by atoms with van der Waals surface area (Å²) in [5.41, 5.74) is 1.32. The zero-order chi connectivity index (χ0) is 15.9. The number of carbonyl (C=O) groups excluding carboxylic acids is 1. The van der Waals surface area contributed by atoms with Crippen molar-refractivity contribution < 1.29 is 14.3 Å². The number of aromatic nitrogens is 1. The second-order valence-electron chi connectivity index (χ2n) is 6.72. The van der Waals surface area contributed by atoms with Crippen LogP contribution in [0.2, 0.25) is 0 Å². The molecule has 0 unspecified atom stereocenters. The Balaban J connectivity index is 1.62. The summed E-state index contributed by atoms with van der Waals surface area (Å²) in [6.45, 7) is 0.103. The standard InChI is InChI=1S/C18H20N2O3/c21-11-18(8-13-4-2-1-3-5-13)9-14-6-7-16(18)20(14)17(22)15-10-23-12-19-15/h1-5,10,12,14,16,21H,6-9,11H2/t14-,16+,18-/m1/s1. The predicted molar refractivity (Wildman–Crippen MR) is 83.8 cm³/mol. The Hall–Kier alpha value is -2.14. The van der Waals surface area contributed by atoms with E-state index in [0.29, 0.717) is 5.69 Å². The summed E-state index contributed by atoms with van der Waals surface area (Å²) in [7, 11) is 0. The molecule has 1 amide bonds. The van der Waals surface area contributed by atoms with Crippen LogP contribution in [0.1, 0.15) is 35.3 Å². The first-order valence-corrected chi connectivity index (χ1v) is 8.09. The molecule has 2 aliphatic heterocycles. The molecule has 1 N–H and O–H groups in total. The second kappa shape index (κ2) is 5.49. The highest BCUT2D eigenvalue weighted by Crippen LogP contribution is 2.51. The SMILES string of the molecule is O=C(c1cocn1)N1[C@@H]2CC[C@H]1[C@](CO)(Cc1ccccc1)C2. The van der Waals surface area contributed by atoms with Gasteiger partial charge in [0.05, 0.1) is 6.61 Å². The van der Waals surface area contributed by atoms with Gasteiger partial charge in [-0.1, -0.05) is 30.3 Å². The van der Waals surface area contributed by atoms with Crippen LogP contribution in [0.25, 0.3) is 0 Å². The predicted octanol–water partition coefficient (Wildman–Crippen LogP) is 2.27. The van der Waals surface area contributed by atoms with Crippen LogP contribution in [0, 0.1) is 5.41 Å². The molecule has 4 rings (SSSR count). The van der Waals surface area contributed by atoms with Crippen LogP contribution in [0.4, 0.5) is 0 Å². The number of hydrogen-bond acceptors (Lipinski definition) is 4. The topological polar surface area (TPSA) is 66.6 Å². The number of nitrogens with zero attached hydrogens (tertiary/aromatic N) is 2. The number of aliphatic hydroxyl groups excluding tert-OH is 1. The number of benzene rings is 1. The smallest absolute Gasteiger partial charge is 0.276 e. The maximum atomic E-state index is 12.7. The van der Waals surface area contributed by atoms with Crippen molar-refractivity contribution in [1.29, 1.82) is 0 Å². The van der Waals surface area contributed by atoms with E-state index < -0.39 is 0 Å². The fourth-order valence-corrected chi connectivity index (χ4v) is 4.47. The van der Waals surface area contributed by atoms with Crippen molar-refractivity contribution in [3.05, 3.63) is 54.2 Å². The molecule has 5 heteroatoms. The molecule has 2 bridgehead atoms. The van der Waals surface area contributed by atoms with E-state index in [1.807, 2.05) is 23.1 Å². The first-order valence-electron chi connectivity index (χ1n) is 8.09. The Morgan fingerprint density at radius 2 is 2.17 bits per heavy atom. The molecule has 1 aromatic heterocycles. The van der Waals surface area contributed by atoms with Gasteiger partial charge in [-0.15, -0.1) is 0 Å². The summed E-state index contributed by atoms with van der Waals surface area (Å²) in [5, 5.41) is 10.2. The van der Waals surface area contributed by atoms with Gasteiger partial charge >= 0.3 is 0 Å². The van der Waals surface area contributed by atoms with Gasteiger partial charge in [-0.3, -0.25) is 4.79 Å². The lowest BCUT2D eigenvalue weighted by Crippen LogP contribution is -2.44. The molecule has 2 saturated heterocycles. The van der Waals surface area contributed by atoms with Gasteiger partial charge in [-0.05, 0) is 31.2 Å². The van der Waals surface area contributed by atoms with Crippen molar-refractivity contribution in [3.8, 4) is 0 Å². The van der Waals surface area contributed by atoms with Crippen molar-refractivity contribution in [2.24, 2.45) is 5.41 Å². The van der Waals surface area contributed by atoms with Crippen molar-refractivity contribution in [1.82, 2.24) is 9.88 Å². The van der Waals surface area contributed by atoms with Gasteiger partial charge < -0.3 is 14.4 Å². The number of carbonyl (C=O) groups is 1. The molecule has 3 heterocycles. The fourth-order valence-electron chi connectivity index (χ4n) is 4.47. The Morgan fingerprint density at radius 3 is 2.87 bits per heavy atom. The summed E-state index contributed by atoms with van der Waals surface area (Å²) in [4.78, 5) is 18.7. The van der Waals surface area contributed by atoms with E-state index in [2.05, 4.69) is 17.1 Å². The molecule has 2 aliphatic rings. The van der Waals surface area contributed by atoms with Crippen molar-refractivity contribution in [2.45, 2.75) is 37.8 Å². The maximum Gasteiger partial charge on any atom is 0.276 e. The zero-order valence-corrected chi connectivity index (χ0v) is 12.9. The maximum absolute atomic E-state index is 12.7. The number of hydrogen-bond donors (Lipinski definition) is 1. The minimum absolute atomic E-state index is 0.0712. The van der Waals surface area contributed by atoms with Crippen molar-refractivity contribution in [2.75, 3.05) is 6.61 Å². The highest BCUT2D eigenvalue weighted by molar-refractivity contribution is 5.93. The quantitative estimate of drug-likeness (QED) is 0.940. The minimum atomic E-state index is -0.246. The molecule has 5 nitrogen and oxygen atoms in total. The monoisotopic (exact) mass is 312 g/mol. The lowest BCUT2D eigenvalue weighted by Gasteiger charge is -2.36. The van der Waals surface area contributed by atoms with Crippen LogP contribution in [0.3, 0.4) is 0 Å². The molecular weight excluding hydrogens is 292 g/mol. The normalized spacial score (nSPS) is 29.2. The van der Waals surface area contributed by atoms with Gasteiger partial charge in [0.1, 0.15) is 6.26 Å². The van der Waals surface area contributed by atoms with E-state index in [4.69, 9.17) is 4.42 Å². The first kappa shape index (κ1) is 14.5. The largest absolute Gasteiger partial charge is 0.451 e. The minimum Gasteiger partial charge on any atom is -0.451 e. The third kappa shape index (κ3) is 2.27. The zero-order valence-electron chi connectivity index (χ0n) is 12.9. The fraction of sp³-hybridized carbons (Fsp3) is 0.444. The lowest BCUT2D eigenvalue weighted by molar-refractivity contribution is 0.0566. The summed E-state index contributed by atoms with van der Waals surface area (Å²) >= 11 is 0. The Labute approximate surface area is 134 Å². The summed E-state index contributed by atoms with van der Waals surface area (Å²) in [6.07, 6.45) is 6.29. The van der Waals surface area contributed by atoms with Gasteiger partial charge in [-0.25, -0.2) is 4.98 Å². The van der Waals surface area contributed by atoms with E-state index in [0.717, 1.165) is 25.7 Å². The third-order valence-electron chi connectivity index (χ3n) is 5.45. The number of fused-ring (bicyclic) bond motifs is 2. The molecule has 3 atom stereocenters. The molecule has 120 valence electrons. The Bertz CT molecular complexity index is 686. The summed E-state index contributed by atoms with van der Waals surface area (Å²) in [6, 6.07) is 10.5. The second-order valence-corrected chi connectivity index (χ2v) is 6.72. The molecule has 2 aromatic rings. The van der Waals surface area contributed by atoms with Crippen LogP contribution >= 0.6 is 0 Å². The van der Waals surface area contributed by atoms with Gasteiger partial charge in [-0.2, -0.15) is 0 Å². The molecule has 23 heavy (non-hydrogen) atoms. The van der Waals surface area contributed by atoms with Crippen LogP contribution in [0.15, 0.2) is 47.4 Å². The third-order valence-corrected chi connectivity index (χ3v) is 5.45. The van der Waals surface area contributed by atoms with Gasteiger partial charge in [0, 0.05) is 17.5 Å².